The average Bonchev–Trinajstić information content (AvgIpc) is 3.32. The Labute approximate surface area is 122 Å². The molecule has 3 rings (SSSR count). The number of rotatable bonds is 8. The first-order valence-corrected chi connectivity index (χ1v) is 8.12. The highest BCUT2D eigenvalue weighted by Gasteiger charge is 2.25. The van der Waals surface area contributed by atoms with Gasteiger partial charge in [-0.25, -0.2) is 0 Å². The van der Waals surface area contributed by atoms with Gasteiger partial charge in [0.25, 0.3) is 0 Å². The van der Waals surface area contributed by atoms with Gasteiger partial charge in [0.1, 0.15) is 0 Å². The lowest BCUT2D eigenvalue weighted by atomic mass is 10.2. The van der Waals surface area contributed by atoms with Crippen LogP contribution >= 0.6 is 0 Å². The van der Waals surface area contributed by atoms with Crippen LogP contribution in [-0.4, -0.2) is 28.5 Å². The van der Waals surface area contributed by atoms with Gasteiger partial charge in [-0.2, -0.15) is 0 Å². The minimum Gasteiger partial charge on any atom is -0.310 e. The van der Waals surface area contributed by atoms with E-state index in [2.05, 4.69) is 41.2 Å². The Morgan fingerprint density at radius 3 is 2.60 bits per heavy atom. The van der Waals surface area contributed by atoms with Crippen molar-refractivity contribution in [2.45, 2.75) is 64.7 Å². The molecule has 2 aliphatic rings. The first kappa shape index (κ1) is 14.0. The molecule has 20 heavy (non-hydrogen) atoms. The smallest absolute Gasteiger partial charge is 0.0544 e. The lowest BCUT2D eigenvalue weighted by Crippen LogP contribution is -2.32. The maximum Gasteiger partial charge on any atom is 0.0544 e. The SMILES string of the molecule is CC(C)N(Cc1ccc(CNC2CC2)cn1)CC1CC1. The van der Waals surface area contributed by atoms with Gasteiger partial charge in [-0.05, 0) is 57.1 Å². The van der Waals surface area contributed by atoms with Crippen molar-refractivity contribution in [2.24, 2.45) is 5.92 Å². The summed E-state index contributed by atoms with van der Waals surface area (Å²) in [4.78, 5) is 7.20. The molecule has 0 spiro atoms. The van der Waals surface area contributed by atoms with Crippen molar-refractivity contribution in [2.75, 3.05) is 6.54 Å². The van der Waals surface area contributed by atoms with Crippen molar-refractivity contribution in [3.63, 3.8) is 0 Å². The number of nitrogens with one attached hydrogen (secondary N) is 1. The molecule has 1 N–H and O–H groups in total. The van der Waals surface area contributed by atoms with Crippen molar-refractivity contribution >= 4 is 0 Å². The highest BCUT2D eigenvalue weighted by Crippen LogP contribution is 2.30. The summed E-state index contributed by atoms with van der Waals surface area (Å²) in [5, 5.41) is 3.54. The zero-order valence-electron chi connectivity index (χ0n) is 12.8. The third-order valence-electron chi connectivity index (χ3n) is 4.34. The van der Waals surface area contributed by atoms with Gasteiger partial charge in [-0.1, -0.05) is 6.07 Å². The first-order valence-electron chi connectivity index (χ1n) is 8.12. The summed E-state index contributed by atoms with van der Waals surface area (Å²) in [5.74, 6) is 0.944. The highest BCUT2D eigenvalue weighted by atomic mass is 15.2. The molecule has 1 heterocycles. The Kier molecular flexibility index (Phi) is 4.37. The largest absolute Gasteiger partial charge is 0.310 e. The molecule has 0 aliphatic heterocycles. The first-order chi connectivity index (χ1) is 9.70. The van der Waals surface area contributed by atoms with E-state index in [0.29, 0.717) is 6.04 Å². The van der Waals surface area contributed by atoms with Crippen LogP contribution in [0.25, 0.3) is 0 Å². The number of nitrogens with zero attached hydrogens (tertiary/aromatic N) is 2. The van der Waals surface area contributed by atoms with Gasteiger partial charge < -0.3 is 5.32 Å². The van der Waals surface area contributed by atoms with Crippen LogP contribution in [0.5, 0.6) is 0 Å². The third kappa shape index (κ3) is 4.29. The summed E-state index contributed by atoms with van der Waals surface area (Å²) in [6, 6.07) is 5.80. The molecule has 2 fully saturated rings. The molecule has 0 unspecified atom stereocenters. The molecule has 1 aromatic heterocycles. The standard InChI is InChI=1S/C17H27N3/c1-13(2)20(11-14-3-4-14)12-17-6-5-15(10-19-17)9-18-16-7-8-16/h5-6,10,13-14,16,18H,3-4,7-9,11-12H2,1-2H3. The van der Waals surface area contributed by atoms with E-state index in [1.807, 2.05) is 6.20 Å². The second kappa shape index (κ2) is 6.23. The predicted molar refractivity (Wildman–Crippen MR) is 82.4 cm³/mol. The van der Waals surface area contributed by atoms with Gasteiger partial charge in [-0.3, -0.25) is 9.88 Å². The monoisotopic (exact) mass is 273 g/mol. The Bertz CT molecular complexity index is 418. The molecule has 0 radical (unpaired) electrons. The van der Waals surface area contributed by atoms with Crippen molar-refractivity contribution in [1.29, 1.82) is 0 Å². The van der Waals surface area contributed by atoms with Crippen LogP contribution in [0.15, 0.2) is 18.3 Å². The van der Waals surface area contributed by atoms with Crippen molar-refractivity contribution in [3.05, 3.63) is 29.6 Å². The third-order valence-corrected chi connectivity index (χ3v) is 4.34. The summed E-state index contributed by atoms with van der Waals surface area (Å²) < 4.78 is 0. The van der Waals surface area contributed by atoms with Gasteiger partial charge in [-0.15, -0.1) is 0 Å². The molecule has 110 valence electrons. The summed E-state index contributed by atoms with van der Waals surface area (Å²) in [7, 11) is 0. The van der Waals surface area contributed by atoms with E-state index in [-0.39, 0.29) is 0 Å². The lowest BCUT2D eigenvalue weighted by Gasteiger charge is -2.26. The van der Waals surface area contributed by atoms with Crippen LogP contribution in [0.4, 0.5) is 0 Å². The summed E-state index contributed by atoms with van der Waals surface area (Å²) >= 11 is 0. The van der Waals surface area contributed by atoms with E-state index in [0.717, 1.165) is 25.0 Å². The molecule has 3 heteroatoms. The van der Waals surface area contributed by atoms with Crippen LogP contribution in [0.1, 0.15) is 50.8 Å². The van der Waals surface area contributed by atoms with Crippen LogP contribution in [0, 0.1) is 5.92 Å². The summed E-state index contributed by atoms with van der Waals surface area (Å²) in [6.45, 7) is 7.77. The molecule has 0 atom stereocenters. The number of pyridine rings is 1. The molecular formula is C17H27N3. The fourth-order valence-corrected chi connectivity index (χ4v) is 2.50. The number of hydrogen-bond donors (Lipinski definition) is 1. The fourth-order valence-electron chi connectivity index (χ4n) is 2.50. The van der Waals surface area contributed by atoms with E-state index in [1.165, 1.54) is 43.5 Å². The Morgan fingerprint density at radius 1 is 1.25 bits per heavy atom. The van der Waals surface area contributed by atoms with Gasteiger partial charge in [0.15, 0.2) is 0 Å². The van der Waals surface area contributed by atoms with Crippen LogP contribution < -0.4 is 5.32 Å². The second-order valence-electron chi connectivity index (χ2n) is 6.78. The Morgan fingerprint density at radius 2 is 2.05 bits per heavy atom. The molecule has 2 saturated carbocycles. The molecule has 1 aromatic rings. The average molecular weight is 273 g/mol. The highest BCUT2D eigenvalue weighted by molar-refractivity contribution is 5.14. The quantitative estimate of drug-likeness (QED) is 0.789. The zero-order valence-corrected chi connectivity index (χ0v) is 12.8. The molecule has 3 nitrogen and oxygen atoms in total. The van der Waals surface area contributed by atoms with E-state index in [4.69, 9.17) is 0 Å². The predicted octanol–water partition coefficient (Wildman–Crippen LogP) is 2.95. The van der Waals surface area contributed by atoms with Crippen molar-refractivity contribution in [3.8, 4) is 0 Å². The number of aromatic nitrogens is 1. The molecule has 0 saturated heterocycles. The molecule has 0 aromatic carbocycles. The van der Waals surface area contributed by atoms with Crippen LogP contribution in [0.2, 0.25) is 0 Å². The maximum atomic E-state index is 4.65. The number of hydrogen-bond acceptors (Lipinski definition) is 3. The van der Waals surface area contributed by atoms with E-state index in [9.17, 15) is 0 Å². The van der Waals surface area contributed by atoms with E-state index in [1.54, 1.807) is 0 Å². The molecule has 0 bridgehead atoms. The van der Waals surface area contributed by atoms with Crippen molar-refractivity contribution < 1.29 is 0 Å². The van der Waals surface area contributed by atoms with Crippen LogP contribution in [-0.2, 0) is 13.1 Å². The van der Waals surface area contributed by atoms with Gasteiger partial charge in [0.2, 0.25) is 0 Å². The zero-order chi connectivity index (χ0) is 13.9. The summed E-state index contributed by atoms with van der Waals surface area (Å²) in [6.07, 6.45) is 7.57. The van der Waals surface area contributed by atoms with Gasteiger partial charge in [0, 0.05) is 37.9 Å². The van der Waals surface area contributed by atoms with Gasteiger partial charge in [0.05, 0.1) is 5.69 Å². The Hall–Kier alpha value is -0.930. The van der Waals surface area contributed by atoms with E-state index >= 15 is 0 Å². The van der Waals surface area contributed by atoms with Crippen molar-refractivity contribution in [1.82, 2.24) is 15.2 Å². The van der Waals surface area contributed by atoms with Gasteiger partial charge >= 0.3 is 0 Å². The minimum absolute atomic E-state index is 0.605. The molecular weight excluding hydrogens is 246 g/mol. The molecule has 0 amide bonds. The maximum absolute atomic E-state index is 4.65. The normalized spacial score (nSPS) is 19.0. The topological polar surface area (TPSA) is 28.2 Å². The minimum atomic E-state index is 0.605. The Balaban J connectivity index is 1.52. The molecule has 2 aliphatic carbocycles. The second-order valence-corrected chi connectivity index (χ2v) is 6.78. The fraction of sp³-hybridized carbons (Fsp3) is 0.706. The van der Waals surface area contributed by atoms with Crippen LogP contribution in [0.3, 0.4) is 0 Å². The summed E-state index contributed by atoms with van der Waals surface area (Å²) in [5.41, 5.74) is 2.51. The van der Waals surface area contributed by atoms with E-state index < -0.39 is 0 Å². The lowest BCUT2D eigenvalue weighted by molar-refractivity contribution is 0.201.